The average molecular weight is 199 g/mol. The molecular formula is C10H21N3O. The second-order valence-electron chi connectivity index (χ2n) is 3.31. The summed E-state index contributed by atoms with van der Waals surface area (Å²) in [4.78, 5) is 10.6. The summed E-state index contributed by atoms with van der Waals surface area (Å²) < 4.78 is 0. The number of aldehydes is 1. The van der Waals surface area contributed by atoms with Crippen LogP contribution in [-0.2, 0) is 4.79 Å². The van der Waals surface area contributed by atoms with Gasteiger partial charge in [-0.3, -0.25) is 4.79 Å². The number of hydrogen-bond donors (Lipinski definition) is 3. The predicted molar refractivity (Wildman–Crippen MR) is 59.2 cm³/mol. The first kappa shape index (κ1) is 13.1. The second kappa shape index (κ2) is 7.53. The molecule has 4 heteroatoms. The van der Waals surface area contributed by atoms with Crippen LogP contribution in [0.5, 0.6) is 0 Å². The average Bonchev–Trinajstić information content (AvgIpc) is 2.23. The lowest BCUT2D eigenvalue weighted by atomic mass is 10.1. The molecule has 0 bridgehead atoms. The molecule has 0 radical (unpaired) electrons. The van der Waals surface area contributed by atoms with E-state index in [2.05, 4.69) is 22.9 Å². The zero-order valence-corrected chi connectivity index (χ0v) is 9.42. The normalized spacial score (nSPS) is 16.1. The van der Waals surface area contributed by atoms with E-state index in [1.807, 2.05) is 20.2 Å². The van der Waals surface area contributed by atoms with Crippen molar-refractivity contribution in [3.8, 4) is 0 Å². The van der Waals surface area contributed by atoms with Crippen molar-refractivity contribution < 1.29 is 4.79 Å². The number of likely N-dealkylation sites (N-methyl/N-ethyl adjacent to an activating group) is 2. The number of nitrogens with one attached hydrogen (secondary N) is 3. The number of carbonyl (C=O) groups is 1. The van der Waals surface area contributed by atoms with Gasteiger partial charge in [0, 0.05) is 19.1 Å². The van der Waals surface area contributed by atoms with Crippen LogP contribution in [0.3, 0.4) is 0 Å². The second-order valence-corrected chi connectivity index (χ2v) is 3.31. The molecule has 3 N–H and O–H groups in total. The van der Waals surface area contributed by atoms with Crippen molar-refractivity contribution in [1.82, 2.24) is 16.0 Å². The van der Waals surface area contributed by atoms with E-state index in [0.29, 0.717) is 11.7 Å². The van der Waals surface area contributed by atoms with Crippen LogP contribution in [0.2, 0.25) is 0 Å². The highest BCUT2D eigenvalue weighted by Gasteiger charge is 2.08. The maximum atomic E-state index is 10.6. The van der Waals surface area contributed by atoms with Gasteiger partial charge in [0.2, 0.25) is 0 Å². The Labute approximate surface area is 86.1 Å². The Morgan fingerprint density at radius 1 is 1.29 bits per heavy atom. The molecule has 0 aromatic heterocycles. The summed E-state index contributed by atoms with van der Waals surface area (Å²) in [5.74, 6) is 0. The van der Waals surface area contributed by atoms with Crippen molar-refractivity contribution in [2.24, 2.45) is 0 Å². The maximum absolute atomic E-state index is 10.6. The lowest BCUT2D eigenvalue weighted by molar-refractivity contribution is -0.105. The Kier molecular flexibility index (Phi) is 7.06. The van der Waals surface area contributed by atoms with Gasteiger partial charge >= 0.3 is 0 Å². The smallest absolute Gasteiger partial charge is 0.165 e. The van der Waals surface area contributed by atoms with Crippen molar-refractivity contribution in [2.75, 3.05) is 21.1 Å². The number of hydrogen-bond acceptors (Lipinski definition) is 4. The Morgan fingerprint density at radius 3 is 2.29 bits per heavy atom. The molecule has 0 saturated heterocycles. The Bertz CT molecular complexity index is 192. The van der Waals surface area contributed by atoms with Crippen molar-refractivity contribution in [1.29, 1.82) is 0 Å². The van der Waals surface area contributed by atoms with Gasteiger partial charge in [-0.15, -0.1) is 0 Å². The number of rotatable bonds is 7. The van der Waals surface area contributed by atoms with Gasteiger partial charge in [-0.1, -0.05) is 0 Å². The standard InChI is InChI=1S/C10H21N3O/c1-8(11-2)5-9(12-3)6-10(7-14)13-4/h6-9,11-13H,5H2,1-4H3. The lowest BCUT2D eigenvalue weighted by Gasteiger charge is -2.17. The van der Waals surface area contributed by atoms with E-state index in [0.717, 1.165) is 12.7 Å². The molecule has 0 aliphatic heterocycles. The van der Waals surface area contributed by atoms with Crippen molar-refractivity contribution >= 4 is 6.29 Å². The first-order chi connectivity index (χ1) is 6.67. The van der Waals surface area contributed by atoms with Gasteiger partial charge in [-0.2, -0.15) is 0 Å². The molecule has 0 amide bonds. The van der Waals surface area contributed by atoms with Crippen LogP contribution in [0.25, 0.3) is 0 Å². The fourth-order valence-corrected chi connectivity index (χ4v) is 1.17. The third-order valence-electron chi connectivity index (χ3n) is 2.27. The fraction of sp³-hybridized carbons (Fsp3) is 0.700. The highest BCUT2D eigenvalue weighted by molar-refractivity contribution is 5.72. The quantitative estimate of drug-likeness (QED) is 0.395. The van der Waals surface area contributed by atoms with Gasteiger partial charge in [-0.05, 0) is 33.5 Å². The van der Waals surface area contributed by atoms with Gasteiger partial charge in [0.1, 0.15) is 0 Å². The monoisotopic (exact) mass is 199 g/mol. The third-order valence-corrected chi connectivity index (χ3v) is 2.27. The van der Waals surface area contributed by atoms with Crippen LogP contribution in [0.15, 0.2) is 11.8 Å². The molecule has 0 aromatic rings. The van der Waals surface area contributed by atoms with E-state index in [4.69, 9.17) is 0 Å². The topological polar surface area (TPSA) is 53.2 Å². The molecule has 0 aromatic carbocycles. The first-order valence-corrected chi connectivity index (χ1v) is 4.87. The summed E-state index contributed by atoms with van der Waals surface area (Å²) in [7, 11) is 5.57. The van der Waals surface area contributed by atoms with E-state index >= 15 is 0 Å². The Morgan fingerprint density at radius 2 is 1.93 bits per heavy atom. The molecule has 14 heavy (non-hydrogen) atoms. The van der Waals surface area contributed by atoms with E-state index in [-0.39, 0.29) is 6.04 Å². The first-order valence-electron chi connectivity index (χ1n) is 4.87. The van der Waals surface area contributed by atoms with Crippen molar-refractivity contribution in [3.05, 3.63) is 11.8 Å². The van der Waals surface area contributed by atoms with Gasteiger partial charge < -0.3 is 16.0 Å². The number of carbonyl (C=O) groups excluding carboxylic acids is 1. The largest absolute Gasteiger partial charge is 0.386 e. The predicted octanol–water partition coefficient (Wildman–Crippen LogP) is -0.125. The van der Waals surface area contributed by atoms with Crippen LogP contribution in [0, 0.1) is 0 Å². The highest BCUT2D eigenvalue weighted by atomic mass is 16.1. The minimum atomic E-state index is 0.213. The van der Waals surface area contributed by atoms with Crippen molar-refractivity contribution in [2.45, 2.75) is 25.4 Å². The minimum Gasteiger partial charge on any atom is -0.386 e. The molecule has 0 saturated carbocycles. The molecule has 0 fully saturated rings. The van der Waals surface area contributed by atoms with E-state index in [1.54, 1.807) is 7.05 Å². The summed E-state index contributed by atoms with van der Waals surface area (Å²) >= 11 is 0. The van der Waals surface area contributed by atoms with Crippen LogP contribution in [-0.4, -0.2) is 39.5 Å². The van der Waals surface area contributed by atoms with Crippen molar-refractivity contribution in [3.63, 3.8) is 0 Å². The zero-order chi connectivity index (χ0) is 11.0. The molecule has 0 heterocycles. The summed E-state index contributed by atoms with van der Waals surface area (Å²) in [6.45, 7) is 2.11. The number of allylic oxidation sites excluding steroid dienone is 1. The molecule has 0 spiro atoms. The lowest BCUT2D eigenvalue weighted by Crippen LogP contribution is -2.33. The van der Waals surface area contributed by atoms with E-state index in [9.17, 15) is 4.79 Å². The minimum absolute atomic E-state index is 0.213. The Hall–Kier alpha value is -0.870. The van der Waals surface area contributed by atoms with E-state index < -0.39 is 0 Å². The molecule has 2 atom stereocenters. The van der Waals surface area contributed by atoms with Gasteiger partial charge in [0.05, 0.1) is 5.70 Å². The van der Waals surface area contributed by atoms with Crippen LogP contribution < -0.4 is 16.0 Å². The van der Waals surface area contributed by atoms with E-state index in [1.165, 1.54) is 0 Å². The van der Waals surface area contributed by atoms with Crippen LogP contribution in [0.1, 0.15) is 13.3 Å². The maximum Gasteiger partial charge on any atom is 0.165 e. The molecule has 2 unspecified atom stereocenters. The summed E-state index contributed by atoms with van der Waals surface area (Å²) in [5.41, 5.74) is 0.618. The summed E-state index contributed by atoms with van der Waals surface area (Å²) in [6, 6.07) is 0.638. The van der Waals surface area contributed by atoms with Gasteiger partial charge in [-0.25, -0.2) is 0 Å². The molecule has 4 nitrogen and oxygen atoms in total. The van der Waals surface area contributed by atoms with Crippen LogP contribution >= 0.6 is 0 Å². The Balaban J connectivity index is 4.25. The highest BCUT2D eigenvalue weighted by Crippen LogP contribution is 2.00. The summed E-state index contributed by atoms with van der Waals surface area (Å²) in [6.07, 6.45) is 3.68. The molecule has 82 valence electrons. The molecule has 0 aliphatic carbocycles. The third kappa shape index (κ3) is 4.99. The molecule has 0 aliphatic rings. The van der Waals surface area contributed by atoms with Gasteiger partial charge in [0.15, 0.2) is 6.29 Å². The summed E-state index contributed by atoms with van der Waals surface area (Å²) in [5, 5.41) is 9.15. The molecular weight excluding hydrogens is 178 g/mol. The zero-order valence-electron chi connectivity index (χ0n) is 9.42. The van der Waals surface area contributed by atoms with Crippen LogP contribution in [0.4, 0.5) is 0 Å². The SMILES string of the molecule is CNC(C=O)=CC(CC(C)NC)NC. The van der Waals surface area contributed by atoms with Gasteiger partial charge in [0.25, 0.3) is 0 Å². The molecule has 0 rings (SSSR count). The fourth-order valence-electron chi connectivity index (χ4n) is 1.17.